The highest BCUT2D eigenvalue weighted by molar-refractivity contribution is 5.96. The van der Waals surface area contributed by atoms with Crippen molar-refractivity contribution in [3.8, 4) is 11.5 Å². The summed E-state index contributed by atoms with van der Waals surface area (Å²) in [5.41, 5.74) is 1.02. The number of carboxylic acid groups (broad SMARTS) is 1. The van der Waals surface area contributed by atoms with Gasteiger partial charge < -0.3 is 20.3 Å². The highest BCUT2D eigenvalue weighted by Gasteiger charge is 2.21. The van der Waals surface area contributed by atoms with Crippen LogP contribution in [-0.4, -0.2) is 35.2 Å². The number of phenols is 1. The molecule has 1 amide bonds. The SMILES string of the molecule is COc1cc(CC(NC(=O)c2ccccc2)C(=O)O)ccc1O. The van der Waals surface area contributed by atoms with E-state index in [0.29, 0.717) is 11.1 Å². The summed E-state index contributed by atoms with van der Waals surface area (Å²) in [4.78, 5) is 23.5. The minimum atomic E-state index is -1.14. The number of aliphatic carboxylic acids is 1. The first-order valence-corrected chi connectivity index (χ1v) is 6.96. The summed E-state index contributed by atoms with van der Waals surface area (Å²) < 4.78 is 4.99. The number of carboxylic acids is 1. The van der Waals surface area contributed by atoms with E-state index >= 15 is 0 Å². The number of hydrogen-bond acceptors (Lipinski definition) is 4. The lowest BCUT2D eigenvalue weighted by Crippen LogP contribution is -2.42. The van der Waals surface area contributed by atoms with Crippen LogP contribution in [0.15, 0.2) is 48.5 Å². The van der Waals surface area contributed by atoms with Gasteiger partial charge in [0.2, 0.25) is 0 Å². The molecule has 0 saturated carbocycles. The molecule has 6 heteroatoms. The van der Waals surface area contributed by atoms with E-state index in [0.717, 1.165) is 0 Å². The van der Waals surface area contributed by atoms with Crippen molar-refractivity contribution in [3.63, 3.8) is 0 Å². The number of aromatic hydroxyl groups is 1. The molecular weight excluding hydrogens is 298 g/mol. The van der Waals surface area contributed by atoms with Crippen molar-refractivity contribution in [1.82, 2.24) is 5.32 Å². The topological polar surface area (TPSA) is 95.9 Å². The molecule has 0 heterocycles. The number of benzene rings is 2. The summed E-state index contributed by atoms with van der Waals surface area (Å²) >= 11 is 0. The molecule has 1 unspecified atom stereocenters. The van der Waals surface area contributed by atoms with E-state index in [9.17, 15) is 19.8 Å². The number of hydrogen-bond donors (Lipinski definition) is 3. The maximum absolute atomic E-state index is 12.1. The maximum atomic E-state index is 12.1. The lowest BCUT2D eigenvalue weighted by molar-refractivity contribution is -0.139. The highest BCUT2D eigenvalue weighted by atomic mass is 16.5. The molecule has 0 aromatic heterocycles. The Balaban J connectivity index is 2.13. The number of phenolic OH excluding ortho intramolecular Hbond substituents is 1. The fourth-order valence-corrected chi connectivity index (χ4v) is 2.12. The van der Waals surface area contributed by atoms with Gasteiger partial charge in [-0.2, -0.15) is 0 Å². The number of amides is 1. The second-order valence-electron chi connectivity index (χ2n) is 4.94. The van der Waals surface area contributed by atoms with Crippen molar-refractivity contribution < 1.29 is 24.5 Å². The summed E-state index contributed by atoms with van der Waals surface area (Å²) in [6.45, 7) is 0. The fourth-order valence-electron chi connectivity index (χ4n) is 2.12. The quantitative estimate of drug-likeness (QED) is 0.756. The molecule has 1 atom stereocenters. The van der Waals surface area contributed by atoms with Crippen LogP contribution in [-0.2, 0) is 11.2 Å². The van der Waals surface area contributed by atoms with Gasteiger partial charge in [0.25, 0.3) is 5.91 Å². The van der Waals surface area contributed by atoms with Crippen molar-refractivity contribution in [2.24, 2.45) is 0 Å². The second kappa shape index (κ2) is 7.31. The third-order valence-corrected chi connectivity index (χ3v) is 3.32. The van der Waals surface area contributed by atoms with Gasteiger partial charge in [0.15, 0.2) is 11.5 Å². The Hall–Kier alpha value is -3.02. The van der Waals surface area contributed by atoms with Crippen LogP contribution in [0.3, 0.4) is 0 Å². The average Bonchev–Trinajstić information content (AvgIpc) is 2.56. The molecule has 120 valence electrons. The smallest absolute Gasteiger partial charge is 0.326 e. The number of methoxy groups -OCH3 is 1. The third kappa shape index (κ3) is 4.23. The van der Waals surface area contributed by atoms with Crippen molar-refractivity contribution in [2.45, 2.75) is 12.5 Å². The molecule has 0 radical (unpaired) electrons. The van der Waals surface area contributed by atoms with Crippen molar-refractivity contribution in [2.75, 3.05) is 7.11 Å². The minimum Gasteiger partial charge on any atom is -0.504 e. The Morgan fingerprint density at radius 3 is 2.48 bits per heavy atom. The minimum absolute atomic E-state index is 0.0311. The summed E-state index contributed by atoms with van der Waals surface area (Å²) in [7, 11) is 1.41. The molecule has 2 aromatic carbocycles. The lowest BCUT2D eigenvalue weighted by Gasteiger charge is -2.15. The number of carbonyl (C=O) groups is 2. The van der Waals surface area contributed by atoms with Gasteiger partial charge in [-0.25, -0.2) is 4.79 Å². The van der Waals surface area contributed by atoms with Crippen LogP contribution in [0.25, 0.3) is 0 Å². The van der Waals surface area contributed by atoms with Gasteiger partial charge in [0.05, 0.1) is 7.11 Å². The zero-order valence-corrected chi connectivity index (χ0v) is 12.5. The largest absolute Gasteiger partial charge is 0.504 e. The molecule has 0 saturated heterocycles. The molecule has 2 rings (SSSR count). The van der Waals surface area contributed by atoms with E-state index in [2.05, 4.69) is 5.32 Å². The Labute approximate surface area is 133 Å². The number of rotatable bonds is 6. The Bertz CT molecular complexity index is 699. The van der Waals surface area contributed by atoms with Gasteiger partial charge in [-0.15, -0.1) is 0 Å². The highest BCUT2D eigenvalue weighted by Crippen LogP contribution is 2.26. The first-order valence-electron chi connectivity index (χ1n) is 6.96. The van der Waals surface area contributed by atoms with E-state index in [-0.39, 0.29) is 17.9 Å². The summed E-state index contributed by atoms with van der Waals surface area (Å²) in [5.74, 6) is -1.37. The normalized spacial score (nSPS) is 11.5. The second-order valence-corrected chi connectivity index (χ2v) is 4.94. The van der Waals surface area contributed by atoms with Crippen LogP contribution in [0.5, 0.6) is 11.5 Å². The van der Waals surface area contributed by atoms with Crippen LogP contribution in [0.1, 0.15) is 15.9 Å². The molecule has 6 nitrogen and oxygen atoms in total. The first kappa shape index (κ1) is 16.4. The van der Waals surface area contributed by atoms with E-state index < -0.39 is 17.9 Å². The predicted molar refractivity (Wildman–Crippen MR) is 83.7 cm³/mol. The molecule has 0 fully saturated rings. The first-order chi connectivity index (χ1) is 11.0. The average molecular weight is 315 g/mol. The molecule has 23 heavy (non-hydrogen) atoms. The number of ether oxygens (including phenoxy) is 1. The zero-order valence-electron chi connectivity index (χ0n) is 12.5. The summed E-state index contributed by atoms with van der Waals surface area (Å²) in [6.07, 6.45) is 0.0740. The van der Waals surface area contributed by atoms with Gasteiger partial charge in [-0.3, -0.25) is 4.79 Å². The standard InChI is InChI=1S/C17H17NO5/c1-23-15-10-11(7-8-14(15)19)9-13(17(21)22)18-16(20)12-5-3-2-4-6-12/h2-8,10,13,19H,9H2,1H3,(H,18,20)(H,21,22). The molecule has 2 aromatic rings. The van der Waals surface area contributed by atoms with Crippen molar-refractivity contribution in [1.29, 1.82) is 0 Å². The van der Waals surface area contributed by atoms with Crippen LogP contribution >= 0.6 is 0 Å². The van der Waals surface area contributed by atoms with Crippen molar-refractivity contribution >= 4 is 11.9 Å². The van der Waals surface area contributed by atoms with Crippen LogP contribution in [0, 0.1) is 0 Å². The van der Waals surface area contributed by atoms with Crippen molar-refractivity contribution in [3.05, 3.63) is 59.7 Å². The summed E-state index contributed by atoms with van der Waals surface area (Å²) in [5, 5.41) is 21.4. The lowest BCUT2D eigenvalue weighted by atomic mass is 10.0. The number of nitrogens with one attached hydrogen (secondary N) is 1. The van der Waals surface area contributed by atoms with Crippen LogP contribution < -0.4 is 10.1 Å². The van der Waals surface area contributed by atoms with Gasteiger partial charge in [0, 0.05) is 12.0 Å². The number of carbonyl (C=O) groups excluding carboxylic acids is 1. The predicted octanol–water partition coefficient (Wildman–Crippen LogP) is 1.83. The van der Waals surface area contributed by atoms with Gasteiger partial charge in [0.1, 0.15) is 6.04 Å². The molecule has 3 N–H and O–H groups in total. The Morgan fingerprint density at radius 2 is 1.87 bits per heavy atom. The molecule has 0 spiro atoms. The Kier molecular flexibility index (Phi) is 5.19. The van der Waals surface area contributed by atoms with Crippen LogP contribution in [0.4, 0.5) is 0 Å². The van der Waals surface area contributed by atoms with E-state index in [4.69, 9.17) is 4.74 Å². The van der Waals surface area contributed by atoms with Gasteiger partial charge in [-0.05, 0) is 29.8 Å². The monoisotopic (exact) mass is 315 g/mol. The van der Waals surface area contributed by atoms with E-state index in [1.165, 1.54) is 13.2 Å². The molecule has 0 bridgehead atoms. The fraction of sp³-hybridized carbons (Fsp3) is 0.176. The van der Waals surface area contributed by atoms with E-state index in [1.54, 1.807) is 42.5 Å². The van der Waals surface area contributed by atoms with Gasteiger partial charge >= 0.3 is 5.97 Å². The zero-order chi connectivity index (χ0) is 16.8. The molecule has 0 aliphatic heterocycles. The van der Waals surface area contributed by atoms with Crippen LogP contribution in [0.2, 0.25) is 0 Å². The molecular formula is C17H17NO5. The third-order valence-electron chi connectivity index (χ3n) is 3.32. The van der Waals surface area contributed by atoms with Gasteiger partial charge in [-0.1, -0.05) is 24.3 Å². The molecule has 0 aliphatic carbocycles. The molecule has 0 aliphatic rings. The maximum Gasteiger partial charge on any atom is 0.326 e. The Morgan fingerprint density at radius 1 is 1.17 bits per heavy atom. The summed E-state index contributed by atoms with van der Waals surface area (Å²) in [6, 6.07) is 11.9. The van der Waals surface area contributed by atoms with E-state index in [1.807, 2.05) is 0 Å².